The van der Waals surface area contributed by atoms with Crippen molar-refractivity contribution in [3.05, 3.63) is 24.3 Å². The molecule has 0 aliphatic rings. The van der Waals surface area contributed by atoms with Crippen LogP contribution in [0.1, 0.15) is 26.7 Å². The van der Waals surface area contributed by atoms with Crippen LogP contribution in [0.3, 0.4) is 0 Å². The van der Waals surface area contributed by atoms with Crippen LogP contribution < -0.4 is 10.1 Å². The van der Waals surface area contributed by atoms with Gasteiger partial charge < -0.3 is 10.1 Å². The minimum absolute atomic E-state index is 0.0738. The number of thioether (sulfide) groups is 1. The molecule has 1 N–H and O–H groups in total. The largest absolute Gasteiger partial charge is 0.497 e. The summed E-state index contributed by atoms with van der Waals surface area (Å²) in [5.41, 5.74) is 0. The Kier molecular flexibility index (Phi) is 6.65. The van der Waals surface area contributed by atoms with E-state index in [9.17, 15) is 4.79 Å². The summed E-state index contributed by atoms with van der Waals surface area (Å²) in [5, 5.41) is 2.87. The first-order chi connectivity index (χ1) is 8.67. The van der Waals surface area contributed by atoms with Crippen molar-refractivity contribution >= 4 is 17.7 Å². The Hall–Kier alpha value is -1.16. The van der Waals surface area contributed by atoms with Gasteiger partial charge in [0.1, 0.15) is 5.75 Å². The lowest BCUT2D eigenvalue weighted by Crippen LogP contribution is -2.31. The van der Waals surface area contributed by atoms with E-state index >= 15 is 0 Å². The number of amides is 1. The van der Waals surface area contributed by atoms with Crippen LogP contribution in [0, 0.1) is 0 Å². The van der Waals surface area contributed by atoms with Gasteiger partial charge >= 0.3 is 0 Å². The molecular weight excluding hydrogens is 246 g/mol. The summed E-state index contributed by atoms with van der Waals surface area (Å²) in [6.45, 7) is 4.81. The molecule has 0 aliphatic carbocycles. The van der Waals surface area contributed by atoms with Gasteiger partial charge in [-0.2, -0.15) is 0 Å². The second-order valence-electron chi connectivity index (χ2n) is 4.08. The summed E-state index contributed by atoms with van der Waals surface area (Å²) < 4.78 is 5.10. The van der Waals surface area contributed by atoms with E-state index in [-0.39, 0.29) is 11.2 Å². The summed E-state index contributed by atoms with van der Waals surface area (Å²) >= 11 is 1.56. The standard InChI is InChI=1S/C14H21NO2S/c1-4-5-10-15-14(16)11(2)18-13-8-6-12(17-3)7-9-13/h6-9,11H,4-5,10H2,1-3H3,(H,15,16)/t11-/m0/s1. The molecular formula is C14H21NO2S. The maximum atomic E-state index is 11.8. The fourth-order valence-corrected chi connectivity index (χ4v) is 2.34. The highest BCUT2D eigenvalue weighted by molar-refractivity contribution is 8.00. The van der Waals surface area contributed by atoms with E-state index in [4.69, 9.17) is 4.74 Å². The summed E-state index contributed by atoms with van der Waals surface area (Å²) in [6, 6.07) is 7.76. The molecule has 0 aliphatic heterocycles. The molecule has 0 saturated carbocycles. The van der Waals surface area contributed by atoms with E-state index in [1.165, 1.54) is 0 Å². The van der Waals surface area contributed by atoms with Crippen LogP contribution in [-0.2, 0) is 4.79 Å². The number of rotatable bonds is 7. The quantitative estimate of drug-likeness (QED) is 0.609. The maximum Gasteiger partial charge on any atom is 0.233 e. The Morgan fingerprint density at radius 2 is 2.06 bits per heavy atom. The molecule has 1 amide bonds. The second-order valence-corrected chi connectivity index (χ2v) is 5.49. The molecule has 0 saturated heterocycles. The normalized spacial score (nSPS) is 11.9. The van der Waals surface area contributed by atoms with Gasteiger partial charge in [-0.15, -0.1) is 11.8 Å². The van der Waals surface area contributed by atoms with Crippen LogP contribution in [0.15, 0.2) is 29.2 Å². The third kappa shape index (κ3) is 5.00. The lowest BCUT2D eigenvalue weighted by atomic mass is 10.3. The minimum Gasteiger partial charge on any atom is -0.497 e. The first kappa shape index (κ1) is 14.9. The number of ether oxygens (including phenoxy) is 1. The zero-order valence-electron chi connectivity index (χ0n) is 11.2. The molecule has 0 aromatic heterocycles. The molecule has 0 radical (unpaired) electrons. The van der Waals surface area contributed by atoms with E-state index < -0.39 is 0 Å². The summed E-state index contributed by atoms with van der Waals surface area (Å²) in [4.78, 5) is 12.9. The predicted molar refractivity (Wildman–Crippen MR) is 76.2 cm³/mol. The van der Waals surface area contributed by atoms with Gasteiger partial charge in [0.25, 0.3) is 0 Å². The topological polar surface area (TPSA) is 38.3 Å². The molecule has 0 spiro atoms. The van der Waals surface area contributed by atoms with Crippen LogP contribution in [0.5, 0.6) is 5.75 Å². The van der Waals surface area contributed by atoms with E-state index in [1.807, 2.05) is 31.2 Å². The van der Waals surface area contributed by atoms with Crippen molar-refractivity contribution < 1.29 is 9.53 Å². The van der Waals surface area contributed by atoms with E-state index in [0.29, 0.717) is 0 Å². The molecule has 0 unspecified atom stereocenters. The minimum atomic E-state index is -0.0738. The monoisotopic (exact) mass is 267 g/mol. The average molecular weight is 267 g/mol. The van der Waals surface area contributed by atoms with Crippen LogP contribution in [0.2, 0.25) is 0 Å². The molecule has 0 fully saturated rings. The number of carbonyl (C=O) groups is 1. The predicted octanol–water partition coefficient (Wildman–Crippen LogP) is 3.09. The number of hydrogen-bond acceptors (Lipinski definition) is 3. The zero-order chi connectivity index (χ0) is 13.4. The van der Waals surface area contributed by atoms with E-state index in [2.05, 4.69) is 12.2 Å². The third-order valence-corrected chi connectivity index (χ3v) is 3.68. The first-order valence-corrected chi connectivity index (χ1v) is 7.13. The molecule has 0 heterocycles. The van der Waals surface area contributed by atoms with Gasteiger partial charge in [-0.3, -0.25) is 4.79 Å². The number of carbonyl (C=O) groups excluding carboxylic acids is 1. The lowest BCUT2D eigenvalue weighted by molar-refractivity contribution is -0.120. The van der Waals surface area contributed by atoms with Gasteiger partial charge in [0, 0.05) is 11.4 Å². The lowest BCUT2D eigenvalue weighted by Gasteiger charge is -2.12. The molecule has 18 heavy (non-hydrogen) atoms. The van der Waals surface area contributed by atoms with Crippen LogP contribution in [0.4, 0.5) is 0 Å². The van der Waals surface area contributed by atoms with Crippen molar-refractivity contribution in [3.63, 3.8) is 0 Å². The number of unbranched alkanes of at least 4 members (excludes halogenated alkanes) is 1. The van der Waals surface area contributed by atoms with Gasteiger partial charge in [-0.25, -0.2) is 0 Å². The van der Waals surface area contributed by atoms with Gasteiger partial charge in [-0.05, 0) is 37.6 Å². The molecule has 1 atom stereocenters. The summed E-state index contributed by atoms with van der Waals surface area (Å²) in [5.74, 6) is 0.934. The number of methoxy groups -OCH3 is 1. The Balaban J connectivity index is 2.42. The first-order valence-electron chi connectivity index (χ1n) is 6.25. The highest BCUT2D eigenvalue weighted by Crippen LogP contribution is 2.25. The Bertz CT molecular complexity index is 365. The average Bonchev–Trinajstić information content (AvgIpc) is 2.39. The van der Waals surface area contributed by atoms with Crippen molar-refractivity contribution in [3.8, 4) is 5.75 Å². The number of nitrogens with one attached hydrogen (secondary N) is 1. The van der Waals surface area contributed by atoms with Gasteiger partial charge in [0.05, 0.1) is 12.4 Å². The van der Waals surface area contributed by atoms with Crippen LogP contribution in [-0.4, -0.2) is 24.8 Å². The maximum absolute atomic E-state index is 11.8. The fraction of sp³-hybridized carbons (Fsp3) is 0.500. The third-order valence-electron chi connectivity index (χ3n) is 2.57. The smallest absolute Gasteiger partial charge is 0.233 e. The van der Waals surface area contributed by atoms with Gasteiger partial charge in [-0.1, -0.05) is 13.3 Å². The molecule has 1 rings (SSSR count). The van der Waals surface area contributed by atoms with Gasteiger partial charge in [0.15, 0.2) is 0 Å². The molecule has 100 valence electrons. The number of benzene rings is 1. The molecule has 4 heteroatoms. The van der Waals surface area contributed by atoms with Crippen LogP contribution in [0.25, 0.3) is 0 Å². The van der Waals surface area contributed by atoms with Crippen molar-refractivity contribution in [2.45, 2.75) is 36.8 Å². The van der Waals surface area contributed by atoms with Gasteiger partial charge in [0.2, 0.25) is 5.91 Å². The molecule has 1 aromatic carbocycles. The van der Waals surface area contributed by atoms with Crippen molar-refractivity contribution in [1.82, 2.24) is 5.32 Å². The SMILES string of the molecule is CCCCNC(=O)[C@H](C)Sc1ccc(OC)cc1. The Morgan fingerprint density at radius 3 is 2.61 bits per heavy atom. The van der Waals surface area contributed by atoms with E-state index in [1.54, 1.807) is 18.9 Å². The zero-order valence-corrected chi connectivity index (χ0v) is 12.0. The van der Waals surface area contributed by atoms with Crippen molar-refractivity contribution in [2.75, 3.05) is 13.7 Å². The highest BCUT2D eigenvalue weighted by atomic mass is 32.2. The Labute approximate surface area is 113 Å². The molecule has 0 bridgehead atoms. The number of hydrogen-bond donors (Lipinski definition) is 1. The van der Waals surface area contributed by atoms with Crippen molar-refractivity contribution in [2.24, 2.45) is 0 Å². The molecule has 1 aromatic rings. The molecule has 3 nitrogen and oxygen atoms in total. The summed E-state index contributed by atoms with van der Waals surface area (Å²) in [6.07, 6.45) is 2.13. The van der Waals surface area contributed by atoms with Crippen molar-refractivity contribution in [1.29, 1.82) is 0 Å². The van der Waals surface area contributed by atoms with E-state index in [0.717, 1.165) is 30.0 Å². The second kappa shape index (κ2) is 8.03. The fourth-order valence-electron chi connectivity index (χ4n) is 1.44. The van der Waals surface area contributed by atoms with Crippen LogP contribution >= 0.6 is 11.8 Å². The Morgan fingerprint density at radius 1 is 1.39 bits per heavy atom. The summed E-state index contributed by atoms with van der Waals surface area (Å²) in [7, 11) is 1.64. The highest BCUT2D eigenvalue weighted by Gasteiger charge is 2.13.